The van der Waals surface area contributed by atoms with E-state index >= 15 is 0 Å². The molecule has 0 saturated heterocycles. The smallest absolute Gasteiger partial charge is 0.335 e. The lowest BCUT2D eigenvalue weighted by Crippen LogP contribution is -2.01. The first-order chi connectivity index (χ1) is 9.60. The van der Waals surface area contributed by atoms with Crippen LogP contribution < -0.4 is 9.47 Å². The molecule has 2 aromatic rings. The molecule has 104 valence electrons. The molecule has 0 aliphatic heterocycles. The Bertz CT molecular complexity index is 602. The maximum Gasteiger partial charge on any atom is 0.335 e. The Balaban J connectivity index is 2.09. The number of rotatable bonds is 5. The normalized spacial score (nSPS) is 10.1. The number of aryl methyl sites for hydroxylation is 1. The molecule has 4 nitrogen and oxygen atoms in total. The van der Waals surface area contributed by atoms with Crippen molar-refractivity contribution in [2.24, 2.45) is 0 Å². The molecule has 2 rings (SSSR count). The minimum absolute atomic E-state index is 0.223. The van der Waals surface area contributed by atoms with Crippen molar-refractivity contribution < 1.29 is 19.4 Å². The second-order valence-electron chi connectivity index (χ2n) is 4.42. The predicted octanol–water partition coefficient (Wildman–Crippen LogP) is 3.28. The van der Waals surface area contributed by atoms with Crippen LogP contribution in [0.1, 0.15) is 21.5 Å². The van der Waals surface area contributed by atoms with Gasteiger partial charge in [-0.3, -0.25) is 0 Å². The topological polar surface area (TPSA) is 55.8 Å². The molecule has 0 aliphatic rings. The van der Waals surface area contributed by atoms with E-state index in [0.29, 0.717) is 12.4 Å². The molecule has 4 heteroatoms. The molecule has 1 N–H and O–H groups in total. The maximum absolute atomic E-state index is 10.9. The van der Waals surface area contributed by atoms with Crippen LogP contribution in [0.5, 0.6) is 11.5 Å². The van der Waals surface area contributed by atoms with Crippen LogP contribution in [0.4, 0.5) is 0 Å². The third-order valence-electron chi connectivity index (χ3n) is 2.99. The summed E-state index contributed by atoms with van der Waals surface area (Å²) >= 11 is 0. The van der Waals surface area contributed by atoms with Crippen LogP contribution in [0, 0.1) is 6.92 Å². The van der Waals surface area contributed by atoms with Gasteiger partial charge >= 0.3 is 5.97 Å². The first kappa shape index (κ1) is 13.9. The van der Waals surface area contributed by atoms with Crippen molar-refractivity contribution in [2.75, 3.05) is 7.11 Å². The first-order valence-electron chi connectivity index (χ1n) is 6.20. The van der Waals surface area contributed by atoms with Gasteiger partial charge in [-0.1, -0.05) is 18.2 Å². The van der Waals surface area contributed by atoms with Crippen LogP contribution in [0.15, 0.2) is 42.5 Å². The van der Waals surface area contributed by atoms with Crippen LogP contribution in [-0.4, -0.2) is 18.2 Å². The van der Waals surface area contributed by atoms with Crippen molar-refractivity contribution in [3.63, 3.8) is 0 Å². The molecule has 20 heavy (non-hydrogen) atoms. The number of hydrogen-bond acceptors (Lipinski definition) is 3. The van der Waals surface area contributed by atoms with Gasteiger partial charge in [-0.2, -0.15) is 0 Å². The summed E-state index contributed by atoms with van der Waals surface area (Å²) in [5.74, 6) is 0.415. The van der Waals surface area contributed by atoms with Crippen LogP contribution in [0.3, 0.4) is 0 Å². The highest BCUT2D eigenvalue weighted by molar-refractivity contribution is 5.88. The highest BCUT2D eigenvalue weighted by Crippen LogP contribution is 2.21. The highest BCUT2D eigenvalue weighted by Gasteiger charge is 2.07. The Morgan fingerprint density at radius 1 is 1.15 bits per heavy atom. The molecule has 0 fully saturated rings. The van der Waals surface area contributed by atoms with Gasteiger partial charge in [0.25, 0.3) is 0 Å². The van der Waals surface area contributed by atoms with Crippen molar-refractivity contribution in [3.8, 4) is 11.5 Å². The molecule has 2 aromatic carbocycles. The molecule has 0 atom stereocenters. The van der Waals surface area contributed by atoms with Crippen LogP contribution in [0.2, 0.25) is 0 Å². The quantitative estimate of drug-likeness (QED) is 0.907. The minimum Gasteiger partial charge on any atom is -0.497 e. The molecular formula is C16H16O4. The number of benzene rings is 2. The number of carbonyl (C=O) groups is 1. The van der Waals surface area contributed by atoms with Crippen molar-refractivity contribution in [2.45, 2.75) is 13.5 Å². The number of hydrogen-bond donors (Lipinski definition) is 1. The summed E-state index contributed by atoms with van der Waals surface area (Å²) in [6, 6.07) is 12.4. The fourth-order valence-electron chi connectivity index (χ4n) is 1.77. The van der Waals surface area contributed by atoms with Crippen LogP contribution in [0.25, 0.3) is 0 Å². The van der Waals surface area contributed by atoms with Gasteiger partial charge in [0.2, 0.25) is 0 Å². The number of ether oxygens (including phenoxy) is 2. The second-order valence-corrected chi connectivity index (χ2v) is 4.42. The largest absolute Gasteiger partial charge is 0.497 e. The predicted molar refractivity (Wildman–Crippen MR) is 75.5 cm³/mol. The second kappa shape index (κ2) is 6.10. The van der Waals surface area contributed by atoms with E-state index in [0.717, 1.165) is 16.9 Å². The zero-order valence-electron chi connectivity index (χ0n) is 11.4. The summed E-state index contributed by atoms with van der Waals surface area (Å²) in [6.07, 6.45) is 0. The lowest BCUT2D eigenvalue weighted by molar-refractivity contribution is 0.0696. The molecule has 0 amide bonds. The summed E-state index contributed by atoms with van der Waals surface area (Å²) in [4.78, 5) is 10.9. The molecule has 0 bridgehead atoms. The standard InChI is InChI=1S/C16H16O4/c1-11-3-6-13(16(17)18)9-15(11)20-10-12-4-7-14(19-2)8-5-12/h3-9H,10H2,1-2H3,(H,17,18). The van der Waals surface area contributed by atoms with Crippen molar-refractivity contribution in [3.05, 3.63) is 59.2 Å². The molecule has 0 spiro atoms. The van der Waals surface area contributed by atoms with Crippen molar-refractivity contribution in [1.82, 2.24) is 0 Å². The average molecular weight is 272 g/mol. The number of methoxy groups -OCH3 is 1. The van der Waals surface area contributed by atoms with E-state index in [-0.39, 0.29) is 5.56 Å². The number of carboxylic acids is 1. The summed E-state index contributed by atoms with van der Waals surface area (Å²) in [7, 11) is 1.62. The van der Waals surface area contributed by atoms with Crippen molar-refractivity contribution >= 4 is 5.97 Å². The van der Waals surface area contributed by atoms with Crippen LogP contribution in [-0.2, 0) is 6.61 Å². The van der Waals surface area contributed by atoms with Crippen molar-refractivity contribution in [1.29, 1.82) is 0 Å². The van der Waals surface area contributed by atoms with E-state index in [1.54, 1.807) is 25.3 Å². The van der Waals surface area contributed by atoms with E-state index in [1.165, 1.54) is 0 Å². The Morgan fingerprint density at radius 3 is 2.45 bits per heavy atom. The Labute approximate surface area is 117 Å². The monoisotopic (exact) mass is 272 g/mol. The molecule has 0 saturated carbocycles. The van der Waals surface area contributed by atoms with Gasteiger partial charge in [-0.05, 0) is 42.3 Å². The molecule has 0 unspecified atom stereocenters. The fourth-order valence-corrected chi connectivity index (χ4v) is 1.77. The lowest BCUT2D eigenvalue weighted by atomic mass is 10.1. The maximum atomic E-state index is 10.9. The highest BCUT2D eigenvalue weighted by atomic mass is 16.5. The van der Waals surface area contributed by atoms with E-state index in [2.05, 4.69) is 0 Å². The van der Waals surface area contributed by atoms with Gasteiger partial charge in [-0.25, -0.2) is 4.79 Å². The van der Waals surface area contributed by atoms with Gasteiger partial charge in [0.05, 0.1) is 12.7 Å². The summed E-state index contributed by atoms with van der Waals surface area (Å²) in [5, 5.41) is 8.97. The molecular weight excluding hydrogens is 256 g/mol. The van der Waals surface area contributed by atoms with Gasteiger partial charge in [0.1, 0.15) is 18.1 Å². The van der Waals surface area contributed by atoms with Gasteiger partial charge in [0, 0.05) is 0 Å². The zero-order chi connectivity index (χ0) is 14.5. The molecule has 0 heterocycles. The molecule has 0 radical (unpaired) electrons. The first-order valence-corrected chi connectivity index (χ1v) is 6.20. The third-order valence-corrected chi connectivity index (χ3v) is 2.99. The van der Waals surface area contributed by atoms with E-state index in [4.69, 9.17) is 14.6 Å². The Kier molecular flexibility index (Phi) is 4.25. The van der Waals surface area contributed by atoms with Gasteiger partial charge < -0.3 is 14.6 Å². The van der Waals surface area contributed by atoms with E-state index in [1.807, 2.05) is 31.2 Å². The minimum atomic E-state index is -0.959. The Hall–Kier alpha value is -2.49. The number of aromatic carboxylic acids is 1. The lowest BCUT2D eigenvalue weighted by Gasteiger charge is -2.10. The molecule has 0 aromatic heterocycles. The summed E-state index contributed by atoms with van der Waals surface area (Å²) in [5.41, 5.74) is 2.12. The van der Waals surface area contributed by atoms with Gasteiger partial charge in [0.15, 0.2) is 0 Å². The zero-order valence-corrected chi connectivity index (χ0v) is 11.4. The van der Waals surface area contributed by atoms with E-state index < -0.39 is 5.97 Å². The Morgan fingerprint density at radius 2 is 1.85 bits per heavy atom. The third kappa shape index (κ3) is 3.29. The van der Waals surface area contributed by atoms with E-state index in [9.17, 15) is 4.79 Å². The summed E-state index contributed by atoms with van der Waals surface area (Å²) < 4.78 is 10.8. The summed E-state index contributed by atoms with van der Waals surface area (Å²) in [6.45, 7) is 2.27. The van der Waals surface area contributed by atoms with Gasteiger partial charge in [-0.15, -0.1) is 0 Å². The van der Waals surface area contributed by atoms with Crippen LogP contribution >= 0.6 is 0 Å². The fraction of sp³-hybridized carbons (Fsp3) is 0.188. The molecule has 0 aliphatic carbocycles. The average Bonchev–Trinajstić information content (AvgIpc) is 2.46. The SMILES string of the molecule is COc1ccc(COc2cc(C(=O)O)ccc2C)cc1. The number of carboxylic acid groups (broad SMARTS) is 1.